The number of nitrogens with zero attached hydrogens (tertiary/aromatic N) is 1. The molecule has 0 unspecified atom stereocenters. The Kier molecular flexibility index (Phi) is 4.72. The quantitative estimate of drug-likeness (QED) is 0.917. The van der Waals surface area contributed by atoms with Crippen LogP contribution >= 0.6 is 0 Å². The van der Waals surface area contributed by atoms with Crippen LogP contribution in [0.15, 0.2) is 54.6 Å². The summed E-state index contributed by atoms with van der Waals surface area (Å²) in [7, 11) is 0. The Morgan fingerprint density at radius 3 is 2.19 bits per heavy atom. The van der Waals surface area contributed by atoms with E-state index in [1.165, 1.54) is 4.90 Å². The summed E-state index contributed by atoms with van der Waals surface area (Å²) in [6.07, 6.45) is 0.183. The van der Waals surface area contributed by atoms with Gasteiger partial charge in [-0.15, -0.1) is 0 Å². The zero-order valence-electron chi connectivity index (χ0n) is 11.8. The standard InChI is InChI=1S/C17H17NO3/c1-13-7-9-14(10-8-13)11-16(19)18(12-17(20)21)15-5-3-2-4-6-15/h2-10H,11-12H2,1H3,(H,20,21). The van der Waals surface area contributed by atoms with Crippen molar-refractivity contribution in [3.05, 3.63) is 65.7 Å². The fourth-order valence-electron chi connectivity index (χ4n) is 2.04. The highest BCUT2D eigenvalue weighted by molar-refractivity contribution is 5.98. The van der Waals surface area contributed by atoms with Crippen LogP contribution in [-0.4, -0.2) is 23.5 Å². The largest absolute Gasteiger partial charge is 0.480 e. The minimum absolute atomic E-state index is 0.183. The summed E-state index contributed by atoms with van der Waals surface area (Å²) >= 11 is 0. The molecular weight excluding hydrogens is 266 g/mol. The van der Waals surface area contributed by atoms with Crippen molar-refractivity contribution in [1.82, 2.24) is 0 Å². The van der Waals surface area contributed by atoms with Gasteiger partial charge in [0.05, 0.1) is 6.42 Å². The molecule has 0 aromatic heterocycles. The van der Waals surface area contributed by atoms with Crippen LogP contribution in [0.2, 0.25) is 0 Å². The zero-order chi connectivity index (χ0) is 15.2. The van der Waals surface area contributed by atoms with Gasteiger partial charge in [0.25, 0.3) is 0 Å². The summed E-state index contributed by atoms with van der Waals surface area (Å²) in [5, 5.41) is 9.00. The first-order valence-electron chi connectivity index (χ1n) is 6.69. The van der Waals surface area contributed by atoms with Crippen LogP contribution < -0.4 is 4.90 Å². The number of carbonyl (C=O) groups is 2. The van der Waals surface area contributed by atoms with E-state index >= 15 is 0 Å². The maximum Gasteiger partial charge on any atom is 0.323 e. The smallest absolute Gasteiger partial charge is 0.323 e. The number of rotatable bonds is 5. The molecule has 2 aromatic rings. The van der Waals surface area contributed by atoms with Crippen molar-refractivity contribution < 1.29 is 14.7 Å². The van der Waals surface area contributed by atoms with Crippen LogP contribution in [0.5, 0.6) is 0 Å². The summed E-state index contributed by atoms with van der Waals surface area (Å²) < 4.78 is 0. The molecule has 0 saturated carbocycles. The lowest BCUT2D eigenvalue weighted by atomic mass is 10.1. The fraction of sp³-hybridized carbons (Fsp3) is 0.176. The molecule has 0 fully saturated rings. The predicted molar refractivity (Wildman–Crippen MR) is 81.3 cm³/mol. The molecule has 0 aliphatic heterocycles. The number of hydrogen-bond acceptors (Lipinski definition) is 2. The van der Waals surface area contributed by atoms with E-state index in [0.717, 1.165) is 11.1 Å². The molecule has 1 N–H and O–H groups in total. The van der Waals surface area contributed by atoms with Crippen LogP contribution in [-0.2, 0) is 16.0 Å². The average molecular weight is 283 g/mol. The molecule has 4 heteroatoms. The number of para-hydroxylation sites is 1. The number of carboxylic acids is 1. The van der Waals surface area contributed by atoms with E-state index in [0.29, 0.717) is 5.69 Å². The molecule has 0 radical (unpaired) electrons. The minimum Gasteiger partial charge on any atom is -0.480 e. The highest BCUT2D eigenvalue weighted by Crippen LogP contribution is 2.15. The maximum atomic E-state index is 12.4. The first kappa shape index (κ1) is 14.8. The lowest BCUT2D eigenvalue weighted by molar-refractivity contribution is -0.136. The van der Waals surface area contributed by atoms with Gasteiger partial charge in [-0.05, 0) is 24.6 Å². The number of carbonyl (C=O) groups excluding carboxylic acids is 1. The molecule has 108 valence electrons. The van der Waals surface area contributed by atoms with E-state index in [1.54, 1.807) is 24.3 Å². The molecule has 0 heterocycles. The second-order valence-electron chi connectivity index (χ2n) is 4.87. The third-order valence-electron chi connectivity index (χ3n) is 3.14. The third kappa shape index (κ3) is 4.18. The van der Waals surface area contributed by atoms with Crippen LogP contribution in [0.3, 0.4) is 0 Å². The van der Waals surface area contributed by atoms with Crippen LogP contribution in [0, 0.1) is 6.92 Å². The van der Waals surface area contributed by atoms with Gasteiger partial charge in [0.1, 0.15) is 6.54 Å². The van der Waals surface area contributed by atoms with Crippen molar-refractivity contribution >= 4 is 17.6 Å². The van der Waals surface area contributed by atoms with Gasteiger partial charge in [0.2, 0.25) is 5.91 Å². The Morgan fingerprint density at radius 2 is 1.62 bits per heavy atom. The Balaban J connectivity index is 2.18. The van der Waals surface area contributed by atoms with E-state index in [1.807, 2.05) is 37.3 Å². The molecule has 0 aliphatic carbocycles. The van der Waals surface area contributed by atoms with E-state index in [9.17, 15) is 9.59 Å². The molecule has 21 heavy (non-hydrogen) atoms. The Bertz CT molecular complexity index is 620. The van der Waals surface area contributed by atoms with Crippen molar-refractivity contribution in [2.45, 2.75) is 13.3 Å². The highest BCUT2D eigenvalue weighted by atomic mass is 16.4. The average Bonchev–Trinajstić information content (AvgIpc) is 2.48. The number of hydrogen-bond donors (Lipinski definition) is 1. The normalized spacial score (nSPS) is 10.1. The molecule has 0 aliphatic rings. The molecule has 4 nitrogen and oxygen atoms in total. The van der Waals surface area contributed by atoms with E-state index in [4.69, 9.17) is 5.11 Å². The predicted octanol–water partition coefficient (Wildman–Crippen LogP) is 2.66. The summed E-state index contributed by atoms with van der Waals surface area (Å²) in [5.74, 6) is -1.26. The van der Waals surface area contributed by atoms with Crippen molar-refractivity contribution in [1.29, 1.82) is 0 Å². The number of amides is 1. The lowest BCUT2D eigenvalue weighted by Crippen LogP contribution is -2.36. The number of aliphatic carboxylic acids is 1. The van der Waals surface area contributed by atoms with Crippen LogP contribution in [0.25, 0.3) is 0 Å². The summed E-state index contributed by atoms with van der Waals surface area (Å²) in [5.41, 5.74) is 2.59. The number of anilines is 1. The van der Waals surface area contributed by atoms with E-state index in [2.05, 4.69) is 0 Å². The Hall–Kier alpha value is -2.62. The zero-order valence-corrected chi connectivity index (χ0v) is 11.8. The van der Waals surface area contributed by atoms with Crippen molar-refractivity contribution in [2.75, 3.05) is 11.4 Å². The SMILES string of the molecule is Cc1ccc(CC(=O)N(CC(=O)O)c2ccccc2)cc1. The Morgan fingerprint density at radius 1 is 1.00 bits per heavy atom. The highest BCUT2D eigenvalue weighted by Gasteiger charge is 2.18. The Labute approximate surface area is 123 Å². The topological polar surface area (TPSA) is 57.6 Å². The van der Waals surface area contributed by atoms with E-state index in [-0.39, 0.29) is 18.9 Å². The van der Waals surface area contributed by atoms with Crippen molar-refractivity contribution in [2.24, 2.45) is 0 Å². The second kappa shape index (κ2) is 6.70. The molecular formula is C17H17NO3. The maximum absolute atomic E-state index is 12.4. The van der Waals surface area contributed by atoms with Gasteiger partial charge in [-0.25, -0.2) is 0 Å². The third-order valence-corrected chi connectivity index (χ3v) is 3.14. The van der Waals surface area contributed by atoms with Gasteiger partial charge in [0.15, 0.2) is 0 Å². The number of carboxylic acid groups (broad SMARTS) is 1. The van der Waals surface area contributed by atoms with Gasteiger partial charge in [0, 0.05) is 5.69 Å². The summed E-state index contributed by atoms with van der Waals surface area (Å²) in [4.78, 5) is 24.7. The van der Waals surface area contributed by atoms with Crippen LogP contribution in [0.1, 0.15) is 11.1 Å². The molecule has 0 bridgehead atoms. The molecule has 0 saturated heterocycles. The van der Waals surface area contributed by atoms with Gasteiger partial charge >= 0.3 is 5.97 Å². The molecule has 2 rings (SSSR count). The van der Waals surface area contributed by atoms with Crippen molar-refractivity contribution in [3.8, 4) is 0 Å². The number of aryl methyl sites for hydroxylation is 1. The monoisotopic (exact) mass is 283 g/mol. The summed E-state index contributed by atoms with van der Waals surface area (Å²) in [6, 6.07) is 16.5. The second-order valence-corrected chi connectivity index (χ2v) is 4.87. The fourth-order valence-corrected chi connectivity index (χ4v) is 2.04. The van der Waals surface area contributed by atoms with Gasteiger partial charge in [-0.3, -0.25) is 9.59 Å². The van der Waals surface area contributed by atoms with Gasteiger partial charge in [-0.2, -0.15) is 0 Å². The molecule has 0 atom stereocenters. The lowest BCUT2D eigenvalue weighted by Gasteiger charge is -2.21. The summed E-state index contributed by atoms with van der Waals surface area (Å²) in [6.45, 7) is 1.64. The molecule has 2 aromatic carbocycles. The van der Waals surface area contributed by atoms with Crippen molar-refractivity contribution in [3.63, 3.8) is 0 Å². The van der Waals surface area contributed by atoms with Crippen LogP contribution in [0.4, 0.5) is 5.69 Å². The first-order valence-corrected chi connectivity index (χ1v) is 6.69. The number of benzene rings is 2. The molecule has 1 amide bonds. The molecule has 0 spiro atoms. The first-order chi connectivity index (χ1) is 10.1. The van der Waals surface area contributed by atoms with E-state index < -0.39 is 5.97 Å². The van der Waals surface area contributed by atoms with Gasteiger partial charge in [-0.1, -0.05) is 48.0 Å². The minimum atomic E-state index is -1.03. The van der Waals surface area contributed by atoms with Gasteiger partial charge < -0.3 is 10.0 Å².